The van der Waals surface area contributed by atoms with Crippen molar-refractivity contribution in [1.82, 2.24) is 14.7 Å². The van der Waals surface area contributed by atoms with Crippen LogP contribution in [-0.2, 0) is 0 Å². The third-order valence-electron chi connectivity index (χ3n) is 12.0. The minimum absolute atomic E-state index is 0.701. The number of hydrogen-bond acceptors (Lipinski definition) is 10. The molecule has 10 heteroatoms. The highest BCUT2D eigenvalue weighted by Gasteiger charge is 2.38. The zero-order chi connectivity index (χ0) is 48.4. The summed E-state index contributed by atoms with van der Waals surface area (Å²) in [5.41, 5.74) is 10.4. The highest BCUT2D eigenvalue weighted by atomic mass is 16.5. The van der Waals surface area contributed by atoms with E-state index in [-0.39, 0.29) is 0 Å². The minimum Gasteiger partial charge on any atom is -0.495 e. The Morgan fingerprint density at radius 1 is 0.257 bits per heavy atom. The van der Waals surface area contributed by atoms with Crippen LogP contribution in [0.4, 0.5) is 68.2 Å². The second-order valence-electron chi connectivity index (χ2n) is 15.9. The molecule has 0 spiro atoms. The average Bonchev–Trinajstić information content (AvgIpc) is 3.42. The second-order valence-corrected chi connectivity index (χ2v) is 15.9. The molecule has 0 heterocycles. The molecular weight excluding hydrogens is 873 g/mol. The highest BCUT2D eigenvalue weighted by molar-refractivity contribution is 5.85. The Kier molecular flexibility index (Phi) is 14.4. The molecule has 9 rings (SSSR count). The molecule has 0 saturated heterocycles. The quantitative estimate of drug-likeness (QED) is 0.0793. The van der Waals surface area contributed by atoms with Gasteiger partial charge in [-0.1, -0.05) is 99.6 Å². The number of methoxy groups -OCH3 is 6. The van der Waals surface area contributed by atoms with Crippen molar-refractivity contribution < 1.29 is 28.4 Å². The second kappa shape index (κ2) is 21.6. The summed E-state index contributed by atoms with van der Waals surface area (Å²) in [5, 5.41) is 0. The zero-order valence-electron chi connectivity index (χ0n) is 40.0. The Morgan fingerprint density at radius 2 is 0.529 bits per heavy atom. The van der Waals surface area contributed by atoms with Crippen LogP contribution < -0.4 is 48.0 Å². The Morgan fingerprint density at radius 3 is 0.900 bits per heavy atom. The fourth-order valence-electron chi connectivity index (χ4n) is 8.87. The lowest BCUT2D eigenvalue weighted by Gasteiger charge is -2.27. The van der Waals surface area contributed by atoms with Gasteiger partial charge in [-0.15, -0.1) is 0 Å². The smallest absolute Gasteiger partial charge is 0.234 e. The molecule has 0 bridgehead atoms. The molecular formula is C60H54N4O6+3. The standard InChI is InChI=1S/C60H54N4O6/c1-65-55-34-13-7-28-49(55)61(45-24-20-26-47(41-45)63(51-30-9-15-36-57(51)67-3)52-31-10-16-37-58(52)68-4)43-22-19-23-44(40-43)62(50-29-8-14-35-56(50)66-2)46-25-21-27-48(42-46)64(53-32-11-17-38-59(53)69-5)54-33-12-18-39-60(54)70-6/h7-42H,1-6H3/q+3. The van der Waals surface area contributed by atoms with Gasteiger partial charge in [0.25, 0.3) is 0 Å². The summed E-state index contributed by atoms with van der Waals surface area (Å²) in [6, 6.07) is 73.4. The summed E-state index contributed by atoms with van der Waals surface area (Å²) in [5.74, 6) is 4.24. The summed E-state index contributed by atoms with van der Waals surface area (Å²) in [7, 11) is 10.2. The van der Waals surface area contributed by atoms with Gasteiger partial charge in [0.2, 0.25) is 28.4 Å². The number of para-hydroxylation sites is 12. The lowest BCUT2D eigenvalue weighted by molar-refractivity contribution is 0.407. The first kappa shape index (κ1) is 46.6. The van der Waals surface area contributed by atoms with E-state index in [4.69, 9.17) is 28.4 Å². The topological polar surface area (TPSA) is 76.3 Å². The molecule has 3 radical (unpaired) electrons. The first-order valence-electron chi connectivity index (χ1n) is 22.8. The van der Waals surface area contributed by atoms with E-state index in [0.717, 1.165) is 68.2 Å². The molecule has 0 atom stereocenters. The van der Waals surface area contributed by atoms with Crippen LogP contribution in [-0.4, -0.2) is 42.7 Å². The molecule has 0 unspecified atom stereocenters. The summed E-state index contributed by atoms with van der Waals surface area (Å²) >= 11 is 0. The minimum atomic E-state index is 0.701. The van der Waals surface area contributed by atoms with Crippen molar-refractivity contribution in [3.05, 3.63) is 218 Å². The summed E-state index contributed by atoms with van der Waals surface area (Å²) in [6.45, 7) is 0. The molecule has 347 valence electrons. The van der Waals surface area contributed by atoms with E-state index in [1.807, 2.05) is 133 Å². The number of ether oxygens (including phenoxy) is 6. The van der Waals surface area contributed by atoms with Gasteiger partial charge in [0.05, 0.1) is 65.8 Å². The van der Waals surface area contributed by atoms with E-state index < -0.39 is 0 Å². The lowest BCUT2D eigenvalue weighted by atomic mass is 10.1. The molecule has 9 aromatic carbocycles. The summed E-state index contributed by atoms with van der Waals surface area (Å²) < 4.78 is 36.1. The van der Waals surface area contributed by atoms with Gasteiger partial charge in [0.1, 0.15) is 5.75 Å². The van der Waals surface area contributed by atoms with Crippen LogP contribution in [0.5, 0.6) is 34.5 Å². The molecule has 10 nitrogen and oxygen atoms in total. The van der Waals surface area contributed by atoms with Gasteiger partial charge in [-0.3, -0.25) is 0 Å². The van der Waals surface area contributed by atoms with Crippen molar-refractivity contribution in [2.45, 2.75) is 0 Å². The highest BCUT2D eigenvalue weighted by Crippen LogP contribution is 2.50. The van der Waals surface area contributed by atoms with Gasteiger partial charge in [-0.05, 0) is 60.7 Å². The molecule has 0 aliphatic heterocycles. The van der Waals surface area contributed by atoms with Gasteiger partial charge in [0, 0.05) is 66.7 Å². The average molecular weight is 927 g/mol. The van der Waals surface area contributed by atoms with E-state index in [1.165, 1.54) is 0 Å². The maximum absolute atomic E-state index is 6.10. The normalized spacial score (nSPS) is 11.1. The molecule has 0 aliphatic rings. The van der Waals surface area contributed by atoms with E-state index in [1.54, 1.807) is 42.7 Å². The third kappa shape index (κ3) is 9.35. The van der Waals surface area contributed by atoms with Crippen LogP contribution in [0.1, 0.15) is 0 Å². The summed E-state index contributed by atoms with van der Waals surface area (Å²) in [6.07, 6.45) is 0. The van der Waals surface area contributed by atoms with E-state index in [9.17, 15) is 0 Å². The third-order valence-corrected chi connectivity index (χ3v) is 12.0. The number of anilines is 12. The van der Waals surface area contributed by atoms with E-state index in [2.05, 4.69) is 105 Å². The Bertz CT molecular complexity index is 2910. The molecule has 0 N–H and O–H groups in total. The van der Waals surface area contributed by atoms with E-state index >= 15 is 0 Å². The number of rotatable bonds is 18. The predicted octanol–water partition coefficient (Wildman–Crippen LogP) is 15.5. The van der Waals surface area contributed by atoms with Crippen molar-refractivity contribution in [2.24, 2.45) is 0 Å². The molecule has 0 aromatic heterocycles. The zero-order valence-corrected chi connectivity index (χ0v) is 40.0. The maximum Gasteiger partial charge on any atom is 0.234 e. The molecule has 0 saturated carbocycles. The van der Waals surface area contributed by atoms with Gasteiger partial charge in [-0.25, -0.2) is 0 Å². The number of nitrogens with zero attached hydrogens (tertiary/aromatic N) is 4. The van der Waals surface area contributed by atoms with Crippen LogP contribution in [0.15, 0.2) is 218 Å². The predicted molar refractivity (Wildman–Crippen MR) is 282 cm³/mol. The SMILES string of the molecule is COc1ccccc1N(c1cccc([N+](c2cccc([N+](c3ccccc3OC)c3ccccc3OC)c2)c2ccccc2OC)c1)c1cccc([N+](c2ccccc2OC)c2ccccc2OC)c1. The molecule has 0 fully saturated rings. The first-order chi connectivity index (χ1) is 34.5. The Labute approximate surface area is 410 Å². The van der Waals surface area contributed by atoms with E-state index in [0.29, 0.717) is 34.5 Å². The lowest BCUT2D eigenvalue weighted by Crippen LogP contribution is -2.17. The molecule has 70 heavy (non-hydrogen) atoms. The van der Waals surface area contributed by atoms with Crippen molar-refractivity contribution in [3.63, 3.8) is 0 Å². The Hall–Kier alpha value is -8.54. The largest absolute Gasteiger partial charge is 0.495 e. The van der Waals surface area contributed by atoms with Crippen LogP contribution in [0.25, 0.3) is 0 Å². The van der Waals surface area contributed by atoms with Crippen LogP contribution in [0, 0.1) is 0 Å². The monoisotopic (exact) mass is 926 g/mol. The Balaban J connectivity index is 1.24. The van der Waals surface area contributed by atoms with Crippen LogP contribution >= 0.6 is 0 Å². The van der Waals surface area contributed by atoms with Crippen molar-refractivity contribution in [3.8, 4) is 34.5 Å². The van der Waals surface area contributed by atoms with Gasteiger partial charge in [-0.2, -0.15) is 0 Å². The molecule has 0 amide bonds. The summed E-state index contributed by atoms with van der Waals surface area (Å²) in [4.78, 5) is 8.76. The van der Waals surface area contributed by atoms with Crippen LogP contribution in [0.3, 0.4) is 0 Å². The number of benzene rings is 9. The van der Waals surface area contributed by atoms with Gasteiger partial charge < -0.3 is 33.3 Å². The first-order valence-corrected chi connectivity index (χ1v) is 22.8. The van der Waals surface area contributed by atoms with Crippen molar-refractivity contribution >= 4 is 68.2 Å². The van der Waals surface area contributed by atoms with Gasteiger partial charge >= 0.3 is 0 Å². The van der Waals surface area contributed by atoms with Crippen molar-refractivity contribution in [1.29, 1.82) is 0 Å². The van der Waals surface area contributed by atoms with Gasteiger partial charge in [0.15, 0.2) is 51.5 Å². The van der Waals surface area contributed by atoms with Crippen LogP contribution in [0.2, 0.25) is 0 Å². The fraction of sp³-hybridized carbons (Fsp3) is 0.100. The fourth-order valence-corrected chi connectivity index (χ4v) is 8.87. The van der Waals surface area contributed by atoms with Crippen molar-refractivity contribution in [2.75, 3.05) is 47.6 Å². The number of hydrogen-bond donors (Lipinski definition) is 0. The molecule has 9 aromatic rings. The maximum atomic E-state index is 6.10. The molecule has 0 aliphatic carbocycles.